The van der Waals surface area contributed by atoms with Gasteiger partial charge in [-0.05, 0) is 36.8 Å². The van der Waals surface area contributed by atoms with Gasteiger partial charge in [0.15, 0.2) is 5.11 Å². The van der Waals surface area contributed by atoms with Crippen molar-refractivity contribution in [2.45, 2.75) is 12.7 Å². The second-order valence-corrected chi connectivity index (χ2v) is 7.06. The molecule has 3 nitrogen and oxygen atoms in total. The van der Waals surface area contributed by atoms with Crippen LogP contribution in [0.3, 0.4) is 0 Å². The van der Waals surface area contributed by atoms with Crippen molar-refractivity contribution in [1.82, 2.24) is 5.32 Å². The maximum atomic E-state index is 5.52. The number of rotatable bonds is 9. The molecule has 25 heavy (non-hydrogen) atoms. The molecule has 0 aromatic heterocycles. The average Bonchev–Trinajstić information content (AvgIpc) is 2.60. The van der Waals surface area contributed by atoms with E-state index in [9.17, 15) is 0 Å². The van der Waals surface area contributed by atoms with Crippen LogP contribution in [-0.4, -0.2) is 24.0 Å². The second-order valence-electron chi connectivity index (χ2n) is 5.55. The molecule has 0 spiro atoms. The largest absolute Gasteiger partial charge is 0.489 e. The summed E-state index contributed by atoms with van der Waals surface area (Å²) >= 11 is 7.23. The highest BCUT2D eigenvalue weighted by Crippen LogP contribution is 2.17. The lowest BCUT2D eigenvalue weighted by Gasteiger charge is -2.11. The lowest BCUT2D eigenvalue weighted by Crippen LogP contribution is -2.30. The summed E-state index contributed by atoms with van der Waals surface area (Å²) in [6, 6.07) is 16.3. The van der Waals surface area contributed by atoms with Crippen LogP contribution in [0, 0.1) is 6.92 Å². The van der Waals surface area contributed by atoms with Gasteiger partial charge >= 0.3 is 0 Å². The molecule has 2 aromatic carbocycles. The number of thioether (sulfide) groups is 1. The first-order valence-electron chi connectivity index (χ1n) is 8.19. The van der Waals surface area contributed by atoms with Crippen LogP contribution in [0.15, 0.2) is 61.2 Å². The van der Waals surface area contributed by atoms with Crippen LogP contribution in [0.25, 0.3) is 0 Å². The van der Waals surface area contributed by atoms with E-state index in [-0.39, 0.29) is 0 Å². The minimum absolute atomic E-state index is 0.490. The zero-order valence-electron chi connectivity index (χ0n) is 14.5. The van der Waals surface area contributed by atoms with Gasteiger partial charge in [-0.1, -0.05) is 48.6 Å². The van der Waals surface area contributed by atoms with Gasteiger partial charge in [0, 0.05) is 29.8 Å². The summed E-state index contributed by atoms with van der Waals surface area (Å²) in [6.07, 6.45) is 1.72. The summed E-state index contributed by atoms with van der Waals surface area (Å²) in [5.41, 5.74) is 3.58. The predicted octanol–water partition coefficient (Wildman–Crippen LogP) is 4.78. The lowest BCUT2D eigenvalue weighted by molar-refractivity contribution is 0.363. The quantitative estimate of drug-likeness (QED) is 0.376. The van der Waals surface area contributed by atoms with Gasteiger partial charge in [-0.2, -0.15) is 11.8 Å². The molecule has 2 rings (SSSR count). The maximum absolute atomic E-state index is 5.52. The molecule has 0 aliphatic carbocycles. The molecule has 0 bridgehead atoms. The Labute approximate surface area is 159 Å². The van der Waals surface area contributed by atoms with Crippen LogP contribution in [0.5, 0.6) is 5.75 Å². The Morgan fingerprint density at radius 2 is 2.08 bits per heavy atom. The van der Waals surface area contributed by atoms with Crippen molar-refractivity contribution in [2.24, 2.45) is 0 Å². The molecule has 2 aromatic rings. The number of benzene rings is 2. The third kappa shape index (κ3) is 7.63. The van der Waals surface area contributed by atoms with Crippen molar-refractivity contribution in [3.05, 3.63) is 72.3 Å². The number of anilines is 1. The highest BCUT2D eigenvalue weighted by atomic mass is 32.2. The summed E-state index contributed by atoms with van der Waals surface area (Å²) in [5, 5.41) is 7.04. The Bertz CT molecular complexity index is 704. The number of aryl methyl sites for hydroxylation is 1. The van der Waals surface area contributed by atoms with E-state index in [0.717, 1.165) is 29.5 Å². The van der Waals surface area contributed by atoms with E-state index in [1.54, 1.807) is 6.08 Å². The molecular weight excluding hydrogens is 348 g/mol. The molecule has 0 unspecified atom stereocenters. The molecule has 0 radical (unpaired) electrons. The van der Waals surface area contributed by atoms with Gasteiger partial charge in [0.2, 0.25) is 0 Å². The van der Waals surface area contributed by atoms with Gasteiger partial charge in [-0.3, -0.25) is 0 Å². The lowest BCUT2D eigenvalue weighted by atomic mass is 10.2. The van der Waals surface area contributed by atoms with E-state index >= 15 is 0 Å². The topological polar surface area (TPSA) is 33.3 Å². The number of hydrogen-bond donors (Lipinski definition) is 2. The van der Waals surface area contributed by atoms with E-state index in [2.05, 4.69) is 48.4 Å². The highest BCUT2D eigenvalue weighted by Gasteiger charge is 2.00. The number of nitrogens with one attached hydrogen (secondary N) is 2. The van der Waals surface area contributed by atoms with Crippen LogP contribution >= 0.6 is 24.0 Å². The third-order valence-corrected chi connectivity index (χ3v) is 4.62. The molecule has 0 saturated heterocycles. The molecule has 0 atom stereocenters. The molecule has 0 fully saturated rings. The van der Waals surface area contributed by atoms with Crippen molar-refractivity contribution in [1.29, 1.82) is 0 Å². The first kappa shape index (κ1) is 19.3. The van der Waals surface area contributed by atoms with Gasteiger partial charge in [0.05, 0.1) is 0 Å². The number of hydrogen-bond acceptors (Lipinski definition) is 3. The van der Waals surface area contributed by atoms with E-state index in [1.165, 1.54) is 11.1 Å². The summed E-state index contributed by atoms with van der Waals surface area (Å²) in [5.74, 6) is 2.81. The van der Waals surface area contributed by atoms with Crippen LogP contribution in [0.2, 0.25) is 0 Å². The monoisotopic (exact) mass is 372 g/mol. The first-order chi connectivity index (χ1) is 12.2. The molecule has 0 aliphatic heterocycles. The Morgan fingerprint density at radius 1 is 1.24 bits per heavy atom. The molecule has 2 N–H and O–H groups in total. The van der Waals surface area contributed by atoms with E-state index in [0.29, 0.717) is 11.7 Å². The summed E-state index contributed by atoms with van der Waals surface area (Å²) in [6.45, 7) is 7.09. The van der Waals surface area contributed by atoms with E-state index in [4.69, 9.17) is 17.0 Å². The van der Waals surface area contributed by atoms with Crippen molar-refractivity contribution >= 4 is 34.8 Å². The van der Waals surface area contributed by atoms with Gasteiger partial charge in [-0.25, -0.2) is 0 Å². The normalized spacial score (nSPS) is 10.1. The van der Waals surface area contributed by atoms with Gasteiger partial charge in [-0.15, -0.1) is 0 Å². The first-order valence-corrected chi connectivity index (χ1v) is 9.75. The van der Waals surface area contributed by atoms with Crippen molar-refractivity contribution in [3.8, 4) is 5.75 Å². The van der Waals surface area contributed by atoms with E-state index in [1.807, 2.05) is 36.0 Å². The van der Waals surface area contributed by atoms with Crippen molar-refractivity contribution < 1.29 is 4.74 Å². The minimum atomic E-state index is 0.490. The minimum Gasteiger partial charge on any atom is -0.489 e. The maximum Gasteiger partial charge on any atom is 0.170 e. The molecule has 5 heteroatoms. The molecule has 132 valence electrons. The van der Waals surface area contributed by atoms with Gasteiger partial charge < -0.3 is 15.4 Å². The summed E-state index contributed by atoms with van der Waals surface area (Å²) in [7, 11) is 0. The predicted molar refractivity (Wildman–Crippen MR) is 114 cm³/mol. The Morgan fingerprint density at radius 3 is 2.88 bits per heavy atom. The third-order valence-electron chi connectivity index (χ3n) is 3.34. The van der Waals surface area contributed by atoms with Crippen LogP contribution in [0.4, 0.5) is 5.69 Å². The SMILES string of the molecule is C=CCOc1cccc(NC(=S)NCCSCc2cccc(C)c2)c1. The van der Waals surface area contributed by atoms with Gasteiger partial charge in [0.25, 0.3) is 0 Å². The Hall–Kier alpha value is -1.98. The fourth-order valence-corrected chi connectivity index (χ4v) is 3.25. The van der Waals surface area contributed by atoms with E-state index < -0.39 is 0 Å². The number of thiocarbonyl (C=S) groups is 1. The highest BCUT2D eigenvalue weighted by molar-refractivity contribution is 7.98. The molecule has 0 heterocycles. The summed E-state index contributed by atoms with van der Waals surface area (Å²) < 4.78 is 5.52. The zero-order valence-corrected chi connectivity index (χ0v) is 16.1. The van der Waals surface area contributed by atoms with Crippen LogP contribution in [0.1, 0.15) is 11.1 Å². The average molecular weight is 373 g/mol. The van der Waals surface area contributed by atoms with Crippen LogP contribution in [-0.2, 0) is 5.75 Å². The fourth-order valence-electron chi connectivity index (χ4n) is 2.22. The van der Waals surface area contributed by atoms with Crippen LogP contribution < -0.4 is 15.4 Å². The van der Waals surface area contributed by atoms with Crippen molar-refractivity contribution in [2.75, 3.05) is 24.2 Å². The summed E-state index contributed by atoms with van der Waals surface area (Å²) in [4.78, 5) is 0. The van der Waals surface area contributed by atoms with Gasteiger partial charge in [0.1, 0.15) is 12.4 Å². The molecular formula is C20H24N2OS2. The Kier molecular flexibility index (Phi) is 8.35. The smallest absolute Gasteiger partial charge is 0.170 e. The molecule has 0 saturated carbocycles. The fraction of sp³-hybridized carbons (Fsp3) is 0.250. The standard InChI is InChI=1S/C20H24N2OS2/c1-3-11-23-19-9-5-8-18(14-19)22-20(24)21-10-12-25-15-17-7-4-6-16(2)13-17/h3-9,13-14H,1,10-12,15H2,2H3,(H2,21,22,24). The Balaban J connectivity index is 1.66. The molecule has 0 aliphatic rings. The zero-order chi connectivity index (χ0) is 17.9. The number of ether oxygens (including phenoxy) is 1. The second kappa shape index (κ2) is 10.8. The molecule has 0 amide bonds. The van der Waals surface area contributed by atoms with Crippen molar-refractivity contribution in [3.63, 3.8) is 0 Å².